The van der Waals surface area contributed by atoms with Crippen LogP contribution in [0.3, 0.4) is 0 Å². The molecule has 0 radical (unpaired) electrons. The van der Waals surface area contributed by atoms with Crippen LogP contribution in [0.2, 0.25) is 0 Å². The van der Waals surface area contributed by atoms with E-state index in [1.165, 1.54) is 12.5 Å². The van der Waals surface area contributed by atoms with E-state index in [1.807, 2.05) is 11.9 Å². The highest BCUT2D eigenvalue weighted by Gasteiger charge is 2.26. The molecule has 1 fully saturated rings. The second-order valence-corrected chi connectivity index (χ2v) is 5.48. The van der Waals surface area contributed by atoms with Gasteiger partial charge in [-0.25, -0.2) is 9.18 Å². The van der Waals surface area contributed by atoms with Gasteiger partial charge in [0.15, 0.2) is 0 Å². The molecule has 2 unspecified atom stereocenters. The van der Waals surface area contributed by atoms with Gasteiger partial charge in [-0.15, -0.1) is 0 Å². The summed E-state index contributed by atoms with van der Waals surface area (Å²) in [5.41, 5.74) is 0.259. The molecule has 1 saturated carbocycles. The minimum absolute atomic E-state index is 0.219. The first-order valence-corrected chi connectivity index (χ1v) is 6.75. The molecule has 0 heterocycles. The quantitative estimate of drug-likeness (QED) is 0.908. The molecule has 1 aliphatic rings. The number of carboxylic acids is 1. The van der Waals surface area contributed by atoms with E-state index < -0.39 is 11.8 Å². The lowest BCUT2D eigenvalue weighted by atomic mass is 9.86. The van der Waals surface area contributed by atoms with Gasteiger partial charge in [0.05, 0.1) is 5.69 Å². The molecular weight excluding hydrogens is 245 g/mol. The number of hydrogen-bond acceptors (Lipinski definition) is 2. The summed E-state index contributed by atoms with van der Waals surface area (Å²) in [6.07, 6.45) is 4.44. The molecule has 1 aliphatic carbocycles. The van der Waals surface area contributed by atoms with Crippen molar-refractivity contribution >= 4 is 11.7 Å². The van der Waals surface area contributed by atoms with Gasteiger partial charge in [-0.05, 0) is 30.9 Å². The van der Waals surface area contributed by atoms with Crippen LogP contribution in [0.1, 0.15) is 43.0 Å². The van der Waals surface area contributed by atoms with Crippen LogP contribution >= 0.6 is 0 Å². The molecule has 0 aromatic heterocycles. The molecule has 19 heavy (non-hydrogen) atoms. The first-order chi connectivity index (χ1) is 9.00. The zero-order chi connectivity index (χ0) is 14.0. The van der Waals surface area contributed by atoms with E-state index in [0.717, 1.165) is 19.3 Å². The Morgan fingerprint density at radius 2 is 2.16 bits per heavy atom. The Kier molecular flexibility index (Phi) is 4.08. The Labute approximate surface area is 113 Å². The second kappa shape index (κ2) is 5.59. The molecule has 1 aromatic carbocycles. The van der Waals surface area contributed by atoms with Crippen molar-refractivity contribution in [2.75, 3.05) is 11.9 Å². The van der Waals surface area contributed by atoms with E-state index in [1.54, 1.807) is 12.1 Å². The highest BCUT2D eigenvalue weighted by atomic mass is 19.1. The van der Waals surface area contributed by atoms with Crippen molar-refractivity contribution in [2.45, 2.75) is 38.6 Å². The van der Waals surface area contributed by atoms with Crippen LogP contribution in [0.15, 0.2) is 18.2 Å². The van der Waals surface area contributed by atoms with Gasteiger partial charge in [-0.3, -0.25) is 0 Å². The number of aromatic carboxylic acids is 1. The zero-order valence-corrected chi connectivity index (χ0v) is 11.4. The number of halogens is 1. The van der Waals surface area contributed by atoms with Crippen molar-refractivity contribution in [3.63, 3.8) is 0 Å². The van der Waals surface area contributed by atoms with Crippen LogP contribution in [-0.4, -0.2) is 24.2 Å². The summed E-state index contributed by atoms with van der Waals surface area (Å²) in [4.78, 5) is 13.2. The molecule has 4 heteroatoms. The Bertz CT molecular complexity index is 475. The van der Waals surface area contributed by atoms with Crippen LogP contribution in [0.4, 0.5) is 10.1 Å². The molecule has 0 bridgehead atoms. The summed E-state index contributed by atoms with van der Waals surface area (Å²) < 4.78 is 13.7. The van der Waals surface area contributed by atoms with Crippen LogP contribution in [0.5, 0.6) is 0 Å². The standard InChI is InChI=1S/C15H20FNO2/c1-10-5-3-6-11(9-10)17(2)13-8-4-7-12(16)14(13)15(18)19/h4,7-8,10-11H,3,5-6,9H2,1-2H3,(H,18,19). The minimum Gasteiger partial charge on any atom is -0.478 e. The van der Waals surface area contributed by atoms with E-state index in [2.05, 4.69) is 6.92 Å². The SMILES string of the molecule is CC1CCCC(N(C)c2cccc(F)c2C(=O)O)C1. The molecule has 1 N–H and O–H groups in total. The third-order valence-electron chi connectivity index (χ3n) is 4.04. The van der Waals surface area contributed by atoms with Gasteiger partial charge in [0.25, 0.3) is 0 Å². The fraction of sp³-hybridized carbons (Fsp3) is 0.533. The smallest absolute Gasteiger partial charge is 0.340 e. The van der Waals surface area contributed by atoms with Gasteiger partial charge in [0.1, 0.15) is 11.4 Å². The Balaban J connectivity index is 2.30. The van der Waals surface area contributed by atoms with Crippen LogP contribution in [-0.2, 0) is 0 Å². The highest BCUT2D eigenvalue weighted by Crippen LogP contribution is 2.31. The van der Waals surface area contributed by atoms with Crippen LogP contribution in [0, 0.1) is 11.7 Å². The molecule has 2 atom stereocenters. The lowest BCUT2D eigenvalue weighted by Crippen LogP contribution is -2.36. The molecule has 0 aliphatic heterocycles. The first kappa shape index (κ1) is 13.8. The summed E-state index contributed by atoms with van der Waals surface area (Å²) in [6.45, 7) is 2.21. The third kappa shape index (κ3) is 2.88. The number of carboxylic acid groups (broad SMARTS) is 1. The summed E-state index contributed by atoms with van der Waals surface area (Å²) in [5.74, 6) is -1.23. The molecule has 3 nitrogen and oxygen atoms in total. The molecule has 0 amide bonds. The van der Waals surface area contributed by atoms with Crippen molar-refractivity contribution in [2.24, 2.45) is 5.92 Å². The average molecular weight is 265 g/mol. The van der Waals surface area contributed by atoms with Crippen molar-refractivity contribution < 1.29 is 14.3 Å². The lowest BCUT2D eigenvalue weighted by molar-refractivity contribution is 0.0692. The van der Waals surface area contributed by atoms with Crippen LogP contribution in [0.25, 0.3) is 0 Å². The van der Waals surface area contributed by atoms with Crippen molar-refractivity contribution in [3.05, 3.63) is 29.6 Å². The van der Waals surface area contributed by atoms with Gasteiger partial charge < -0.3 is 10.0 Å². The average Bonchev–Trinajstić information content (AvgIpc) is 2.37. The zero-order valence-electron chi connectivity index (χ0n) is 11.4. The first-order valence-electron chi connectivity index (χ1n) is 6.75. The van der Waals surface area contributed by atoms with E-state index in [0.29, 0.717) is 17.6 Å². The Morgan fingerprint density at radius 3 is 2.79 bits per heavy atom. The Hall–Kier alpha value is -1.58. The topological polar surface area (TPSA) is 40.5 Å². The van der Waals surface area contributed by atoms with Gasteiger partial charge >= 0.3 is 5.97 Å². The molecule has 0 saturated heterocycles. The summed E-state index contributed by atoms with van der Waals surface area (Å²) in [7, 11) is 1.86. The molecular formula is C15H20FNO2. The van der Waals surface area contributed by atoms with Gasteiger partial charge in [-0.1, -0.05) is 25.8 Å². The fourth-order valence-corrected chi connectivity index (χ4v) is 2.97. The number of carbonyl (C=O) groups is 1. The monoisotopic (exact) mass is 265 g/mol. The maximum atomic E-state index is 13.7. The number of hydrogen-bond donors (Lipinski definition) is 1. The predicted molar refractivity (Wildman–Crippen MR) is 73.2 cm³/mol. The molecule has 1 aromatic rings. The van der Waals surface area contributed by atoms with Crippen molar-refractivity contribution in [1.82, 2.24) is 0 Å². The largest absolute Gasteiger partial charge is 0.478 e. The minimum atomic E-state index is -1.20. The van der Waals surface area contributed by atoms with Crippen molar-refractivity contribution in [3.8, 4) is 0 Å². The lowest BCUT2D eigenvalue weighted by Gasteiger charge is -2.36. The van der Waals surface area contributed by atoms with E-state index in [4.69, 9.17) is 0 Å². The van der Waals surface area contributed by atoms with Gasteiger partial charge in [0, 0.05) is 13.1 Å². The molecule has 2 rings (SSSR count). The molecule has 0 spiro atoms. The van der Waals surface area contributed by atoms with E-state index >= 15 is 0 Å². The normalized spacial score (nSPS) is 23.1. The number of benzene rings is 1. The summed E-state index contributed by atoms with van der Waals surface area (Å²) in [5, 5.41) is 9.18. The van der Waals surface area contributed by atoms with E-state index in [9.17, 15) is 14.3 Å². The van der Waals surface area contributed by atoms with Gasteiger partial charge in [0.2, 0.25) is 0 Å². The van der Waals surface area contributed by atoms with Gasteiger partial charge in [-0.2, -0.15) is 0 Å². The number of anilines is 1. The highest BCUT2D eigenvalue weighted by molar-refractivity contribution is 5.94. The summed E-state index contributed by atoms with van der Waals surface area (Å²) >= 11 is 0. The van der Waals surface area contributed by atoms with E-state index in [-0.39, 0.29) is 5.56 Å². The predicted octanol–water partition coefficient (Wildman–Crippen LogP) is 3.54. The molecule has 104 valence electrons. The fourth-order valence-electron chi connectivity index (χ4n) is 2.97. The van der Waals surface area contributed by atoms with Crippen molar-refractivity contribution in [1.29, 1.82) is 0 Å². The third-order valence-corrected chi connectivity index (χ3v) is 4.04. The second-order valence-electron chi connectivity index (χ2n) is 5.48. The number of nitrogens with zero attached hydrogens (tertiary/aromatic N) is 1. The Morgan fingerprint density at radius 1 is 1.42 bits per heavy atom. The van der Waals surface area contributed by atoms with Crippen LogP contribution < -0.4 is 4.90 Å². The number of rotatable bonds is 3. The summed E-state index contributed by atoms with van der Waals surface area (Å²) in [6, 6.07) is 4.75. The maximum Gasteiger partial charge on any atom is 0.340 e. The maximum absolute atomic E-state index is 13.7.